The number of ether oxygens (including phenoxy) is 2. The van der Waals surface area contributed by atoms with E-state index in [-0.39, 0.29) is 0 Å². The van der Waals surface area contributed by atoms with Crippen molar-refractivity contribution in [1.29, 1.82) is 0 Å². The SMILES string of the molecule is CCN1CC[N+](=c2cc(-c3ccc(OC)cc3)oc3ccc(OC)cc23)CC1.[O-][Cl+3]([O-])([O-])[O-]. The lowest BCUT2D eigenvalue weighted by Gasteiger charge is -2.23. The van der Waals surface area contributed by atoms with Gasteiger partial charge in [0.1, 0.15) is 22.8 Å². The molecule has 0 atom stereocenters. The number of hydrogen-bond donors (Lipinski definition) is 0. The van der Waals surface area contributed by atoms with Crippen LogP contribution >= 0.6 is 0 Å². The molecule has 1 aliphatic heterocycles. The number of benzene rings is 2. The topological polar surface area (TPSA) is 130 Å². The quantitative estimate of drug-likeness (QED) is 0.413. The minimum absolute atomic E-state index is 0.838. The van der Waals surface area contributed by atoms with Gasteiger partial charge < -0.3 is 13.9 Å². The van der Waals surface area contributed by atoms with Crippen molar-refractivity contribution in [2.75, 3.05) is 46.9 Å². The van der Waals surface area contributed by atoms with Crippen molar-refractivity contribution in [1.82, 2.24) is 9.48 Å². The standard InChI is InChI=1S/C23H27N2O3.ClHO4/c1-4-24-11-13-25(14-12-24)21-16-23(17-5-7-18(26-2)8-6-17)28-22-10-9-19(27-3)15-20(21)22;2-1(3,4)5/h5-10,15-16H,4,11-14H2,1-3H3;(H,2,3,4,5)/q+1;/p-1. The predicted octanol–water partition coefficient (Wildman–Crippen LogP) is -1.53. The van der Waals surface area contributed by atoms with Gasteiger partial charge in [-0.3, -0.25) is 4.90 Å². The van der Waals surface area contributed by atoms with Crippen LogP contribution in [0.5, 0.6) is 11.5 Å². The summed E-state index contributed by atoms with van der Waals surface area (Å²) in [6.07, 6.45) is 0. The van der Waals surface area contributed by atoms with E-state index >= 15 is 0 Å². The van der Waals surface area contributed by atoms with Gasteiger partial charge in [-0.25, -0.2) is 23.2 Å². The average Bonchev–Trinajstić information content (AvgIpc) is 2.82. The average molecular weight is 479 g/mol. The molecule has 1 fully saturated rings. The second kappa shape index (κ2) is 11.0. The van der Waals surface area contributed by atoms with Crippen LogP contribution in [0.4, 0.5) is 0 Å². The lowest BCUT2D eigenvalue weighted by Crippen LogP contribution is -2.68. The van der Waals surface area contributed by atoms with E-state index in [1.807, 2.05) is 36.4 Å². The highest BCUT2D eigenvalue weighted by molar-refractivity contribution is 5.80. The lowest BCUT2D eigenvalue weighted by atomic mass is 10.1. The van der Waals surface area contributed by atoms with Gasteiger partial charge >= 0.3 is 0 Å². The predicted molar refractivity (Wildman–Crippen MR) is 112 cm³/mol. The summed E-state index contributed by atoms with van der Waals surface area (Å²) in [5.74, 6) is 2.53. The van der Waals surface area contributed by atoms with Crippen molar-refractivity contribution in [3.8, 4) is 22.8 Å². The minimum Gasteiger partial charge on any atom is -0.497 e. The summed E-state index contributed by atoms with van der Waals surface area (Å²) in [6.45, 7) is 7.49. The zero-order valence-electron chi connectivity index (χ0n) is 18.8. The van der Waals surface area contributed by atoms with Crippen LogP contribution in [-0.2, 0) is 0 Å². The number of methoxy groups -OCH3 is 2. The van der Waals surface area contributed by atoms with Gasteiger partial charge in [0.15, 0.2) is 13.1 Å². The van der Waals surface area contributed by atoms with Crippen LogP contribution < -0.4 is 38.0 Å². The lowest BCUT2D eigenvalue weighted by molar-refractivity contribution is -2.00. The van der Waals surface area contributed by atoms with Crippen LogP contribution in [-0.4, -0.2) is 51.8 Å². The van der Waals surface area contributed by atoms with E-state index < -0.39 is 10.2 Å². The van der Waals surface area contributed by atoms with Gasteiger partial charge in [0.2, 0.25) is 5.36 Å². The number of rotatable bonds is 4. The highest BCUT2D eigenvalue weighted by Crippen LogP contribution is 2.26. The van der Waals surface area contributed by atoms with E-state index in [1.165, 1.54) is 5.36 Å². The normalized spacial score (nSPS) is 14.6. The number of halogens is 1. The maximum atomic E-state index is 8.49. The van der Waals surface area contributed by atoms with Crippen LogP contribution in [0.25, 0.3) is 22.3 Å². The first-order valence-corrected chi connectivity index (χ1v) is 11.6. The van der Waals surface area contributed by atoms with Gasteiger partial charge in [0.05, 0.1) is 38.8 Å². The molecule has 2 heterocycles. The Morgan fingerprint density at radius 2 is 1.48 bits per heavy atom. The minimum atomic E-state index is -4.94. The number of nitrogens with zero attached hydrogens (tertiary/aromatic N) is 2. The Kier molecular flexibility index (Phi) is 8.30. The molecule has 3 aromatic rings. The van der Waals surface area contributed by atoms with Gasteiger partial charge in [-0.1, -0.05) is 6.92 Å². The van der Waals surface area contributed by atoms with Crippen LogP contribution in [0.2, 0.25) is 0 Å². The summed E-state index contributed by atoms with van der Waals surface area (Å²) in [5, 5.41) is 2.28. The first kappa shape index (κ1) is 25.0. The second-order valence-corrected chi connectivity index (χ2v) is 8.14. The summed E-state index contributed by atoms with van der Waals surface area (Å²) in [7, 11) is -1.57. The van der Waals surface area contributed by atoms with Gasteiger partial charge in [0, 0.05) is 5.56 Å². The second-order valence-electron chi connectivity index (χ2n) is 7.39. The van der Waals surface area contributed by atoms with Gasteiger partial charge in [-0.05, 0) is 49.0 Å². The Labute approximate surface area is 194 Å². The fraction of sp³-hybridized carbons (Fsp3) is 0.348. The molecule has 4 rings (SSSR count). The zero-order chi connectivity index (χ0) is 24.0. The van der Waals surface area contributed by atoms with E-state index in [2.05, 4.69) is 28.5 Å². The summed E-state index contributed by atoms with van der Waals surface area (Å²) >= 11 is 0. The fourth-order valence-electron chi connectivity index (χ4n) is 3.74. The third-order valence-corrected chi connectivity index (χ3v) is 5.49. The molecule has 0 N–H and O–H groups in total. The third kappa shape index (κ3) is 6.91. The van der Waals surface area contributed by atoms with Crippen molar-refractivity contribution in [3.05, 3.63) is 53.9 Å². The Hall–Kier alpha value is -2.66. The molecule has 0 aliphatic carbocycles. The molecule has 1 saturated heterocycles. The summed E-state index contributed by atoms with van der Waals surface area (Å²) in [4.78, 5) is 2.48. The Balaban J connectivity index is 0.000000555. The van der Waals surface area contributed by atoms with E-state index in [0.717, 1.165) is 66.5 Å². The van der Waals surface area contributed by atoms with Crippen molar-refractivity contribution in [2.45, 2.75) is 6.92 Å². The van der Waals surface area contributed by atoms with Gasteiger partial charge in [-0.15, -0.1) is 10.2 Å². The van der Waals surface area contributed by atoms with E-state index in [0.29, 0.717) is 0 Å². The molecule has 0 radical (unpaired) electrons. The molecule has 178 valence electrons. The zero-order valence-corrected chi connectivity index (χ0v) is 19.5. The highest BCUT2D eigenvalue weighted by atomic mass is 35.7. The van der Waals surface area contributed by atoms with Gasteiger partial charge in [0.25, 0.3) is 0 Å². The molecule has 2 aromatic carbocycles. The van der Waals surface area contributed by atoms with E-state index in [9.17, 15) is 0 Å². The van der Waals surface area contributed by atoms with Crippen LogP contribution in [0.3, 0.4) is 0 Å². The maximum Gasteiger partial charge on any atom is 0.215 e. The first-order valence-electron chi connectivity index (χ1n) is 10.4. The molecule has 0 saturated carbocycles. The largest absolute Gasteiger partial charge is 0.497 e. The molecule has 0 unspecified atom stereocenters. The molecular formula is C23H27ClN2O7. The van der Waals surface area contributed by atoms with Crippen molar-refractivity contribution < 1.29 is 42.8 Å². The molecular weight excluding hydrogens is 452 g/mol. The number of piperazine rings is 1. The summed E-state index contributed by atoms with van der Waals surface area (Å²) in [6, 6.07) is 16.2. The van der Waals surface area contributed by atoms with Crippen molar-refractivity contribution >= 4 is 11.0 Å². The van der Waals surface area contributed by atoms with Crippen molar-refractivity contribution in [3.63, 3.8) is 0 Å². The van der Waals surface area contributed by atoms with Crippen molar-refractivity contribution in [2.24, 2.45) is 0 Å². The first-order chi connectivity index (χ1) is 15.7. The molecule has 33 heavy (non-hydrogen) atoms. The monoisotopic (exact) mass is 478 g/mol. The molecule has 10 heteroatoms. The number of fused-ring (bicyclic) bond motifs is 1. The molecule has 1 aliphatic rings. The smallest absolute Gasteiger partial charge is 0.215 e. The van der Waals surface area contributed by atoms with Crippen LogP contribution in [0, 0.1) is 10.2 Å². The summed E-state index contributed by atoms with van der Waals surface area (Å²) < 4.78 is 53.4. The molecule has 0 spiro atoms. The maximum absolute atomic E-state index is 8.49. The van der Waals surface area contributed by atoms with Gasteiger partial charge in [-0.2, -0.15) is 0 Å². The Bertz CT molecular complexity index is 1120. The molecule has 0 bridgehead atoms. The third-order valence-electron chi connectivity index (χ3n) is 5.49. The molecule has 9 nitrogen and oxygen atoms in total. The molecule has 1 aromatic heterocycles. The van der Waals surface area contributed by atoms with E-state index in [4.69, 9.17) is 32.5 Å². The highest BCUT2D eigenvalue weighted by Gasteiger charge is 2.20. The van der Waals surface area contributed by atoms with E-state index in [1.54, 1.807) is 14.2 Å². The number of likely N-dealkylation sites (N-methyl/N-ethyl adjacent to an activating group) is 1. The number of hydrogen-bond acceptors (Lipinski definition) is 8. The summed E-state index contributed by atoms with van der Waals surface area (Å²) in [5.41, 5.74) is 1.90. The Morgan fingerprint density at radius 1 is 0.909 bits per heavy atom. The fourth-order valence-corrected chi connectivity index (χ4v) is 3.74. The molecule has 0 amide bonds. The Morgan fingerprint density at radius 3 is 2.03 bits per heavy atom. The van der Waals surface area contributed by atoms with Crippen LogP contribution in [0.15, 0.2) is 52.9 Å². The van der Waals surface area contributed by atoms with Crippen LogP contribution in [0.1, 0.15) is 6.92 Å².